The third-order valence-electron chi connectivity index (χ3n) is 4.94. The van der Waals surface area contributed by atoms with Crippen molar-refractivity contribution in [2.75, 3.05) is 5.01 Å². The highest BCUT2D eigenvalue weighted by atomic mass is 32.2. The molecule has 0 atom stereocenters. The Hall–Kier alpha value is -3.04. The van der Waals surface area contributed by atoms with Crippen molar-refractivity contribution in [2.24, 2.45) is 5.10 Å². The lowest BCUT2D eigenvalue weighted by atomic mass is 10.1. The number of benzene rings is 2. The Kier molecular flexibility index (Phi) is 7.10. The molecule has 9 heteroatoms. The molecule has 1 aliphatic rings. The lowest BCUT2D eigenvalue weighted by Gasteiger charge is -2.24. The predicted molar refractivity (Wildman–Crippen MR) is 124 cm³/mol. The maximum atomic E-state index is 12.7. The summed E-state index contributed by atoms with van der Waals surface area (Å²) in [5, 5.41) is 8.39. The van der Waals surface area contributed by atoms with Crippen LogP contribution in [0.15, 0.2) is 52.5 Å². The van der Waals surface area contributed by atoms with Gasteiger partial charge in [0.15, 0.2) is 0 Å². The quantitative estimate of drug-likeness (QED) is 0.668. The fraction of sp³-hybridized carbons (Fsp3) is 0.348. The van der Waals surface area contributed by atoms with Crippen LogP contribution in [0.2, 0.25) is 0 Å². The van der Waals surface area contributed by atoms with Gasteiger partial charge < -0.3 is 5.32 Å². The summed E-state index contributed by atoms with van der Waals surface area (Å²) in [6.07, 6.45) is 0.437. The first-order valence-corrected chi connectivity index (χ1v) is 11.9. The summed E-state index contributed by atoms with van der Waals surface area (Å²) in [6, 6.07) is 11.9. The highest BCUT2D eigenvalue weighted by Gasteiger charge is 2.26. The molecule has 0 saturated heterocycles. The van der Waals surface area contributed by atoms with E-state index >= 15 is 0 Å². The zero-order valence-corrected chi connectivity index (χ0v) is 19.5. The van der Waals surface area contributed by atoms with E-state index in [2.05, 4.69) is 15.1 Å². The fourth-order valence-corrected chi connectivity index (χ4v) is 4.66. The van der Waals surface area contributed by atoms with E-state index < -0.39 is 10.0 Å². The van der Waals surface area contributed by atoms with Crippen molar-refractivity contribution in [2.45, 2.75) is 58.0 Å². The molecule has 0 unspecified atom stereocenters. The molecule has 0 spiro atoms. The molecule has 0 aliphatic carbocycles. The monoisotopic (exact) mass is 456 g/mol. The zero-order valence-electron chi connectivity index (χ0n) is 18.7. The first kappa shape index (κ1) is 23.6. The molecule has 8 nitrogen and oxygen atoms in total. The summed E-state index contributed by atoms with van der Waals surface area (Å²) in [6.45, 7) is 7.46. The Morgan fingerprint density at radius 2 is 1.88 bits per heavy atom. The molecular weight excluding hydrogens is 428 g/mol. The van der Waals surface area contributed by atoms with E-state index in [0.29, 0.717) is 11.3 Å². The molecule has 0 radical (unpaired) electrons. The highest BCUT2D eigenvalue weighted by Crippen LogP contribution is 2.25. The third-order valence-corrected chi connectivity index (χ3v) is 6.60. The predicted octanol–water partition coefficient (Wildman–Crippen LogP) is 2.79. The summed E-state index contributed by atoms with van der Waals surface area (Å²) in [7, 11) is -3.62. The van der Waals surface area contributed by atoms with Crippen LogP contribution in [0.4, 0.5) is 5.69 Å². The van der Waals surface area contributed by atoms with Crippen molar-refractivity contribution in [1.82, 2.24) is 10.0 Å². The summed E-state index contributed by atoms with van der Waals surface area (Å²) in [5.41, 5.74) is 3.45. The fourth-order valence-electron chi connectivity index (χ4n) is 3.34. The van der Waals surface area contributed by atoms with Gasteiger partial charge in [0.25, 0.3) is 5.91 Å². The molecule has 170 valence electrons. The van der Waals surface area contributed by atoms with Crippen LogP contribution in [0.25, 0.3) is 0 Å². The number of nitrogens with zero attached hydrogens (tertiary/aromatic N) is 2. The van der Waals surface area contributed by atoms with Gasteiger partial charge in [0.05, 0.1) is 10.6 Å². The number of hydrogen-bond acceptors (Lipinski definition) is 5. The molecule has 2 N–H and O–H groups in total. The minimum absolute atomic E-state index is 0.139. The van der Waals surface area contributed by atoms with E-state index in [1.165, 1.54) is 17.1 Å². The lowest BCUT2D eigenvalue weighted by molar-refractivity contribution is -0.119. The van der Waals surface area contributed by atoms with Crippen LogP contribution in [-0.2, 0) is 26.2 Å². The van der Waals surface area contributed by atoms with Crippen LogP contribution in [-0.4, -0.2) is 32.0 Å². The van der Waals surface area contributed by atoms with E-state index in [1.54, 1.807) is 26.0 Å². The van der Waals surface area contributed by atoms with Crippen molar-refractivity contribution < 1.29 is 18.0 Å². The summed E-state index contributed by atoms with van der Waals surface area (Å²) in [4.78, 5) is 25.3. The second-order valence-corrected chi connectivity index (χ2v) is 9.86. The van der Waals surface area contributed by atoms with Gasteiger partial charge in [0.2, 0.25) is 15.9 Å². The molecule has 0 saturated carbocycles. The summed E-state index contributed by atoms with van der Waals surface area (Å²) in [5.74, 6) is -0.549. The third kappa shape index (κ3) is 5.60. The molecule has 2 aromatic rings. The van der Waals surface area contributed by atoms with Gasteiger partial charge in [-0.15, -0.1) is 0 Å². The number of hydrogen-bond donors (Lipinski definition) is 2. The zero-order chi connectivity index (χ0) is 23.5. The van der Waals surface area contributed by atoms with Crippen LogP contribution in [0.5, 0.6) is 0 Å². The largest absolute Gasteiger partial charge is 0.347 e. The second kappa shape index (κ2) is 9.62. The number of nitrogens with one attached hydrogen (secondary N) is 2. The van der Waals surface area contributed by atoms with Crippen molar-refractivity contribution in [3.63, 3.8) is 0 Å². The summed E-state index contributed by atoms with van der Waals surface area (Å²) < 4.78 is 27.3. The van der Waals surface area contributed by atoms with Crippen LogP contribution < -0.4 is 15.0 Å². The van der Waals surface area contributed by atoms with Gasteiger partial charge in [-0.25, -0.2) is 18.1 Å². The molecule has 32 heavy (non-hydrogen) atoms. The molecule has 1 aliphatic heterocycles. The minimum Gasteiger partial charge on any atom is -0.347 e. The Balaban J connectivity index is 1.74. The van der Waals surface area contributed by atoms with Gasteiger partial charge >= 0.3 is 0 Å². The number of carbonyl (C=O) groups is 2. The van der Waals surface area contributed by atoms with Crippen LogP contribution >= 0.6 is 0 Å². The Morgan fingerprint density at radius 1 is 1.12 bits per heavy atom. The number of amides is 2. The molecule has 3 rings (SSSR count). The number of aryl methyl sites for hydroxylation is 2. The first-order valence-electron chi connectivity index (χ1n) is 10.4. The molecule has 1 heterocycles. The van der Waals surface area contributed by atoms with E-state index in [1.807, 2.05) is 32.0 Å². The van der Waals surface area contributed by atoms with Gasteiger partial charge in [0, 0.05) is 25.4 Å². The minimum atomic E-state index is -3.62. The number of carbonyl (C=O) groups excluding carboxylic acids is 2. The van der Waals surface area contributed by atoms with Crippen LogP contribution in [0.1, 0.15) is 43.4 Å². The van der Waals surface area contributed by atoms with Gasteiger partial charge in [-0.3, -0.25) is 9.59 Å². The number of rotatable bonds is 7. The molecular formula is C23H28N4O4S. The Bertz CT molecular complexity index is 1170. The van der Waals surface area contributed by atoms with E-state index in [9.17, 15) is 18.0 Å². The van der Waals surface area contributed by atoms with Crippen molar-refractivity contribution in [3.05, 3.63) is 59.2 Å². The Morgan fingerprint density at radius 3 is 2.59 bits per heavy atom. The number of sulfonamides is 1. The average Bonchev–Trinajstić information content (AvgIpc) is 2.73. The maximum Gasteiger partial charge on any atom is 0.267 e. The molecule has 0 aromatic heterocycles. The molecule has 2 amide bonds. The number of anilines is 1. The average molecular weight is 457 g/mol. The second-order valence-electron chi connectivity index (χ2n) is 8.15. The lowest BCUT2D eigenvalue weighted by Crippen LogP contribution is -2.39. The first-order chi connectivity index (χ1) is 15.1. The van der Waals surface area contributed by atoms with Crippen molar-refractivity contribution in [3.8, 4) is 0 Å². The topological polar surface area (TPSA) is 108 Å². The highest BCUT2D eigenvalue weighted by molar-refractivity contribution is 7.89. The SMILES string of the molecule is Cc1ccc(C)c(N2N=C(C(=O)NCc3cccc(S(=O)(=O)NC(C)C)c3)CCC2=O)c1. The van der Waals surface area contributed by atoms with Gasteiger partial charge in [-0.2, -0.15) is 5.10 Å². The van der Waals surface area contributed by atoms with Crippen molar-refractivity contribution in [1.29, 1.82) is 0 Å². The molecule has 0 fully saturated rings. The molecule has 0 bridgehead atoms. The van der Waals surface area contributed by atoms with Gasteiger partial charge in [-0.1, -0.05) is 24.3 Å². The van der Waals surface area contributed by atoms with E-state index in [4.69, 9.17) is 0 Å². The van der Waals surface area contributed by atoms with E-state index in [-0.39, 0.29) is 47.8 Å². The normalized spacial score (nSPS) is 14.5. The van der Waals surface area contributed by atoms with E-state index in [0.717, 1.165) is 11.1 Å². The smallest absolute Gasteiger partial charge is 0.267 e. The van der Waals surface area contributed by atoms with Crippen molar-refractivity contribution >= 4 is 33.2 Å². The summed E-state index contributed by atoms with van der Waals surface area (Å²) >= 11 is 0. The number of hydrazone groups is 1. The Labute approximate surface area is 188 Å². The van der Waals surface area contributed by atoms with Gasteiger partial charge in [-0.05, 0) is 62.6 Å². The van der Waals surface area contributed by atoms with Crippen LogP contribution in [0.3, 0.4) is 0 Å². The molecule has 2 aromatic carbocycles. The maximum absolute atomic E-state index is 12.7. The van der Waals surface area contributed by atoms with Crippen LogP contribution in [0, 0.1) is 13.8 Å². The standard InChI is InChI=1S/C23H28N4O4S/c1-15(2)26-32(30,31)19-7-5-6-18(13-19)14-24-23(29)20-10-11-22(28)27(25-20)21-12-16(3)8-9-17(21)4/h5-9,12-13,15,26H,10-11,14H2,1-4H3,(H,24,29). The van der Waals surface area contributed by atoms with Gasteiger partial charge in [0.1, 0.15) is 5.71 Å².